The van der Waals surface area contributed by atoms with Crippen LogP contribution in [0.2, 0.25) is 0 Å². The van der Waals surface area contributed by atoms with Crippen LogP contribution >= 0.6 is 0 Å². The molecule has 0 aliphatic heterocycles. The molecule has 0 saturated heterocycles. The molecule has 0 fully saturated rings. The summed E-state index contributed by atoms with van der Waals surface area (Å²) in [5.41, 5.74) is 10.8. The molecule has 0 N–H and O–H groups in total. The van der Waals surface area contributed by atoms with Gasteiger partial charge >= 0.3 is 0 Å². The van der Waals surface area contributed by atoms with Crippen molar-refractivity contribution >= 4 is 49.3 Å². The molecule has 5 nitrogen and oxygen atoms in total. The smallest absolute Gasteiger partial charge is 0.195 e. The number of para-hydroxylation sites is 3. The molecule has 0 bridgehead atoms. The van der Waals surface area contributed by atoms with Gasteiger partial charge in [-0.3, -0.25) is 0 Å². The van der Waals surface area contributed by atoms with E-state index in [4.69, 9.17) is 6.57 Å². The van der Waals surface area contributed by atoms with Gasteiger partial charge in [-0.2, -0.15) is 10.5 Å². The fraction of sp³-hybridized carbons (Fsp3) is 0. The van der Waals surface area contributed by atoms with Crippen molar-refractivity contribution in [2.45, 2.75) is 0 Å². The average Bonchev–Trinajstić information content (AvgIpc) is 3.70. The Morgan fingerprint density at radius 3 is 1.74 bits per heavy atom. The second kappa shape index (κ2) is 11.4. The highest BCUT2D eigenvalue weighted by Gasteiger charge is 2.23. The molecule has 0 radical (unpaired) electrons. The predicted octanol–water partition coefficient (Wildman–Crippen LogP) is 11.5. The Hall–Kier alpha value is -7.39. The lowest BCUT2D eigenvalue weighted by Crippen LogP contribution is -2.01. The molecule has 0 aliphatic carbocycles. The molecule has 0 spiro atoms. The molecule has 7 aromatic carbocycles. The third-order valence-electron chi connectivity index (χ3n) is 9.63. The van der Waals surface area contributed by atoms with Gasteiger partial charge in [0, 0.05) is 32.8 Å². The SMILES string of the molecule is [C-]#[N+]c1cccc(-c2ccc(-n3c4ccccc4c4cc(C#N)ccc43)cc2)c1-c1c(C#N)cccc1-n1c2ccccc2c2ccccc21. The number of benzene rings is 7. The van der Waals surface area contributed by atoms with Gasteiger partial charge in [0.15, 0.2) is 5.69 Å². The van der Waals surface area contributed by atoms with Crippen molar-refractivity contribution in [3.05, 3.63) is 174 Å². The molecule has 0 unspecified atom stereocenters. The molecule has 9 aromatic rings. The summed E-state index contributed by atoms with van der Waals surface area (Å²) in [5.74, 6) is 0. The van der Waals surface area contributed by atoms with E-state index in [-0.39, 0.29) is 0 Å². The topological polar surface area (TPSA) is 61.8 Å². The van der Waals surface area contributed by atoms with Crippen LogP contribution in [0.5, 0.6) is 0 Å². The maximum absolute atomic E-state index is 10.5. The summed E-state index contributed by atoms with van der Waals surface area (Å²) in [4.78, 5) is 4.00. The zero-order chi connectivity index (χ0) is 33.8. The average molecular weight is 636 g/mol. The maximum atomic E-state index is 10.5. The van der Waals surface area contributed by atoms with E-state index in [1.807, 2.05) is 91.0 Å². The van der Waals surface area contributed by atoms with Crippen LogP contribution in [-0.2, 0) is 0 Å². The molecule has 0 aliphatic rings. The van der Waals surface area contributed by atoms with E-state index in [1.165, 1.54) is 0 Å². The van der Waals surface area contributed by atoms with E-state index in [1.54, 1.807) is 0 Å². The normalized spacial score (nSPS) is 11.1. The molecule has 0 amide bonds. The summed E-state index contributed by atoms with van der Waals surface area (Å²) in [5, 5.41) is 24.5. The Bertz CT molecular complexity index is 2900. The minimum Gasteiger partial charge on any atom is -0.309 e. The zero-order valence-electron chi connectivity index (χ0n) is 26.7. The fourth-order valence-corrected chi connectivity index (χ4v) is 7.51. The Balaban J connectivity index is 1.27. The van der Waals surface area contributed by atoms with Gasteiger partial charge in [0.05, 0.1) is 57.6 Å². The molecular formula is C45H25N5. The van der Waals surface area contributed by atoms with Crippen molar-refractivity contribution in [1.29, 1.82) is 10.5 Å². The monoisotopic (exact) mass is 635 g/mol. The van der Waals surface area contributed by atoms with Gasteiger partial charge in [0.25, 0.3) is 0 Å². The molecule has 0 saturated carbocycles. The van der Waals surface area contributed by atoms with E-state index in [0.29, 0.717) is 16.8 Å². The summed E-state index contributed by atoms with van der Waals surface area (Å²) >= 11 is 0. The molecule has 230 valence electrons. The Morgan fingerprint density at radius 2 is 1.10 bits per heavy atom. The van der Waals surface area contributed by atoms with Crippen molar-refractivity contribution in [3.8, 4) is 45.8 Å². The van der Waals surface area contributed by atoms with Gasteiger partial charge in [-0.15, -0.1) is 0 Å². The lowest BCUT2D eigenvalue weighted by Gasteiger charge is -2.20. The molecule has 2 aromatic heterocycles. The quantitative estimate of drug-likeness (QED) is 0.181. The Labute approximate surface area is 288 Å². The van der Waals surface area contributed by atoms with E-state index in [2.05, 4.69) is 86.8 Å². The highest BCUT2D eigenvalue weighted by molar-refractivity contribution is 6.11. The lowest BCUT2D eigenvalue weighted by atomic mass is 9.89. The standard InChI is InChI=1S/C45H25N5/c1-48-38-15-9-14-33(30-21-23-32(24-22-30)49-39-16-5-4-13-36(39)37-26-29(27-46)20-25-42(37)49)45(38)44-31(28-47)10-8-19-43(44)50-40-17-6-2-11-34(40)35-12-3-7-18-41(35)50/h2-26H. The summed E-state index contributed by atoms with van der Waals surface area (Å²) < 4.78 is 4.44. The van der Waals surface area contributed by atoms with Crippen LogP contribution in [-0.4, -0.2) is 9.13 Å². The molecular weight excluding hydrogens is 611 g/mol. The van der Waals surface area contributed by atoms with Gasteiger partial charge < -0.3 is 9.13 Å². The number of rotatable bonds is 4. The van der Waals surface area contributed by atoms with Crippen LogP contribution in [0.15, 0.2) is 152 Å². The van der Waals surface area contributed by atoms with E-state index in [0.717, 1.165) is 77.2 Å². The van der Waals surface area contributed by atoms with Crippen molar-refractivity contribution in [2.75, 3.05) is 0 Å². The van der Waals surface area contributed by atoms with Gasteiger partial charge in [0.1, 0.15) is 0 Å². The predicted molar refractivity (Wildman–Crippen MR) is 202 cm³/mol. The minimum absolute atomic E-state index is 0.479. The highest BCUT2D eigenvalue weighted by Crippen LogP contribution is 2.45. The first-order valence-electron chi connectivity index (χ1n) is 16.3. The van der Waals surface area contributed by atoms with Crippen LogP contribution in [0.3, 0.4) is 0 Å². The number of hydrogen-bond donors (Lipinski definition) is 0. The fourth-order valence-electron chi connectivity index (χ4n) is 7.51. The minimum atomic E-state index is 0.479. The first-order chi connectivity index (χ1) is 24.7. The molecule has 5 heteroatoms. The van der Waals surface area contributed by atoms with Crippen molar-refractivity contribution in [1.82, 2.24) is 9.13 Å². The summed E-state index contributed by atoms with van der Waals surface area (Å²) in [6.45, 7) is 8.25. The lowest BCUT2D eigenvalue weighted by molar-refractivity contribution is 1.18. The van der Waals surface area contributed by atoms with Crippen LogP contribution in [0.25, 0.3) is 82.1 Å². The molecule has 50 heavy (non-hydrogen) atoms. The second-order valence-electron chi connectivity index (χ2n) is 12.2. The van der Waals surface area contributed by atoms with Crippen molar-refractivity contribution in [2.24, 2.45) is 0 Å². The van der Waals surface area contributed by atoms with E-state index >= 15 is 0 Å². The van der Waals surface area contributed by atoms with Gasteiger partial charge in [-0.25, -0.2) is 4.85 Å². The Kier molecular flexibility index (Phi) is 6.56. The summed E-state index contributed by atoms with van der Waals surface area (Å²) in [6, 6.07) is 55.3. The third-order valence-corrected chi connectivity index (χ3v) is 9.63. The summed E-state index contributed by atoms with van der Waals surface area (Å²) in [6.07, 6.45) is 0. The number of hydrogen-bond acceptors (Lipinski definition) is 2. The largest absolute Gasteiger partial charge is 0.309 e. The highest BCUT2D eigenvalue weighted by atomic mass is 15.0. The first kappa shape index (κ1) is 28.8. The second-order valence-corrected chi connectivity index (χ2v) is 12.2. The number of fused-ring (bicyclic) bond motifs is 6. The van der Waals surface area contributed by atoms with Gasteiger partial charge in [-0.05, 0) is 77.4 Å². The van der Waals surface area contributed by atoms with Crippen molar-refractivity contribution in [3.63, 3.8) is 0 Å². The number of nitriles is 2. The van der Waals surface area contributed by atoms with E-state index < -0.39 is 0 Å². The van der Waals surface area contributed by atoms with Crippen LogP contribution < -0.4 is 0 Å². The maximum Gasteiger partial charge on any atom is 0.195 e. The van der Waals surface area contributed by atoms with Crippen molar-refractivity contribution < 1.29 is 0 Å². The van der Waals surface area contributed by atoms with Crippen LogP contribution in [0.1, 0.15) is 11.1 Å². The van der Waals surface area contributed by atoms with Crippen LogP contribution in [0, 0.1) is 29.2 Å². The zero-order valence-corrected chi connectivity index (χ0v) is 26.7. The van der Waals surface area contributed by atoms with E-state index in [9.17, 15) is 10.5 Å². The van der Waals surface area contributed by atoms with Crippen LogP contribution in [0.4, 0.5) is 5.69 Å². The number of aromatic nitrogens is 2. The number of nitrogens with zero attached hydrogens (tertiary/aromatic N) is 5. The van der Waals surface area contributed by atoms with Gasteiger partial charge in [0.2, 0.25) is 0 Å². The van der Waals surface area contributed by atoms with Gasteiger partial charge in [-0.1, -0.05) is 91.0 Å². The first-order valence-corrected chi connectivity index (χ1v) is 16.3. The molecule has 2 heterocycles. The third kappa shape index (κ3) is 4.24. The molecule has 0 atom stereocenters. The molecule has 9 rings (SSSR count). The Morgan fingerprint density at radius 1 is 0.500 bits per heavy atom. The summed E-state index contributed by atoms with van der Waals surface area (Å²) in [7, 11) is 0.